The first-order valence-electron chi connectivity index (χ1n) is 9.52. The highest BCUT2D eigenvalue weighted by molar-refractivity contribution is 5.99. The lowest BCUT2D eigenvalue weighted by atomic mass is 10.0. The number of ether oxygens (including phenoxy) is 1. The lowest BCUT2D eigenvalue weighted by Crippen LogP contribution is -2.28. The second-order valence-corrected chi connectivity index (χ2v) is 7.14. The standard InChI is InChI=1S/C24H16F2N2O3/c25-19-7-10-22(21(26)12-19)28-14-18(11-23(28)29)24(30)31-20-8-5-17(6-9-20)16-3-1-15(13-27)2-4-16/h1-10,12,18H,11,14H2. The molecule has 1 aliphatic rings. The number of nitriles is 1. The maximum absolute atomic E-state index is 14.0. The number of anilines is 1. The Morgan fingerprint density at radius 1 is 1.00 bits per heavy atom. The van der Waals surface area contributed by atoms with Crippen molar-refractivity contribution in [1.29, 1.82) is 5.26 Å². The van der Waals surface area contributed by atoms with Crippen LogP contribution in [0.25, 0.3) is 11.1 Å². The predicted molar refractivity (Wildman–Crippen MR) is 109 cm³/mol. The number of amides is 1. The molecule has 0 N–H and O–H groups in total. The number of hydrogen-bond donors (Lipinski definition) is 0. The summed E-state index contributed by atoms with van der Waals surface area (Å²) in [6.45, 7) is -0.0382. The molecular formula is C24H16F2N2O3. The Morgan fingerprint density at radius 2 is 1.65 bits per heavy atom. The zero-order valence-electron chi connectivity index (χ0n) is 16.2. The molecule has 7 heteroatoms. The van der Waals surface area contributed by atoms with Crippen molar-refractivity contribution >= 4 is 17.6 Å². The Kier molecular flexibility index (Phi) is 5.46. The summed E-state index contributed by atoms with van der Waals surface area (Å²) in [7, 11) is 0. The van der Waals surface area contributed by atoms with Gasteiger partial charge in [-0.25, -0.2) is 8.78 Å². The molecule has 1 saturated heterocycles. The van der Waals surface area contributed by atoms with Crippen LogP contribution in [-0.2, 0) is 9.59 Å². The second kappa shape index (κ2) is 8.36. The van der Waals surface area contributed by atoms with Crippen LogP contribution in [0.5, 0.6) is 5.75 Å². The van der Waals surface area contributed by atoms with Crippen LogP contribution < -0.4 is 9.64 Å². The van der Waals surface area contributed by atoms with Gasteiger partial charge in [0.2, 0.25) is 5.91 Å². The summed E-state index contributed by atoms with van der Waals surface area (Å²) in [6, 6.07) is 18.9. The lowest BCUT2D eigenvalue weighted by Gasteiger charge is -2.17. The molecule has 1 heterocycles. The van der Waals surface area contributed by atoms with E-state index in [-0.39, 0.29) is 18.7 Å². The van der Waals surface area contributed by atoms with E-state index < -0.39 is 29.4 Å². The van der Waals surface area contributed by atoms with Crippen LogP contribution in [0, 0.1) is 28.9 Å². The van der Waals surface area contributed by atoms with Gasteiger partial charge >= 0.3 is 5.97 Å². The van der Waals surface area contributed by atoms with Crippen molar-refractivity contribution in [3.8, 4) is 22.9 Å². The fraction of sp³-hybridized carbons (Fsp3) is 0.125. The van der Waals surface area contributed by atoms with E-state index >= 15 is 0 Å². The van der Waals surface area contributed by atoms with Crippen LogP contribution in [0.1, 0.15) is 12.0 Å². The second-order valence-electron chi connectivity index (χ2n) is 7.14. The van der Waals surface area contributed by atoms with Gasteiger partial charge < -0.3 is 9.64 Å². The summed E-state index contributed by atoms with van der Waals surface area (Å²) < 4.78 is 32.5. The summed E-state index contributed by atoms with van der Waals surface area (Å²) in [5.41, 5.74) is 2.30. The van der Waals surface area contributed by atoms with Gasteiger partial charge in [0.05, 0.1) is 23.2 Å². The first-order valence-corrected chi connectivity index (χ1v) is 9.52. The smallest absolute Gasteiger partial charge is 0.316 e. The molecule has 5 nitrogen and oxygen atoms in total. The van der Waals surface area contributed by atoms with E-state index in [2.05, 4.69) is 6.07 Å². The van der Waals surface area contributed by atoms with Crippen molar-refractivity contribution in [2.45, 2.75) is 6.42 Å². The molecule has 0 saturated carbocycles. The van der Waals surface area contributed by atoms with E-state index in [1.165, 1.54) is 6.07 Å². The van der Waals surface area contributed by atoms with Crippen LogP contribution in [-0.4, -0.2) is 18.4 Å². The first-order chi connectivity index (χ1) is 14.9. The molecule has 1 atom stereocenters. The third-order valence-corrected chi connectivity index (χ3v) is 5.08. The molecule has 0 spiro atoms. The van der Waals surface area contributed by atoms with Crippen molar-refractivity contribution in [3.05, 3.63) is 83.9 Å². The topological polar surface area (TPSA) is 70.4 Å². The predicted octanol–water partition coefficient (Wildman–Crippen LogP) is 4.46. The highest BCUT2D eigenvalue weighted by Gasteiger charge is 2.37. The van der Waals surface area contributed by atoms with Gasteiger partial charge in [0.1, 0.15) is 17.4 Å². The fourth-order valence-electron chi connectivity index (χ4n) is 3.45. The molecule has 4 rings (SSSR count). The number of nitrogens with zero attached hydrogens (tertiary/aromatic N) is 2. The minimum Gasteiger partial charge on any atom is -0.426 e. The van der Waals surface area contributed by atoms with Crippen molar-refractivity contribution in [2.75, 3.05) is 11.4 Å². The largest absolute Gasteiger partial charge is 0.426 e. The van der Waals surface area contributed by atoms with E-state index in [4.69, 9.17) is 10.00 Å². The van der Waals surface area contributed by atoms with Crippen molar-refractivity contribution < 1.29 is 23.1 Å². The van der Waals surface area contributed by atoms with E-state index in [0.717, 1.165) is 22.1 Å². The Bertz CT molecular complexity index is 1180. The van der Waals surface area contributed by atoms with Crippen LogP contribution in [0.4, 0.5) is 14.5 Å². The van der Waals surface area contributed by atoms with Gasteiger partial charge in [0, 0.05) is 19.0 Å². The zero-order chi connectivity index (χ0) is 22.0. The Hall–Kier alpha value is -4.05. The molecular weight excluding hydrogens is 402 g/mol. The molecule has 0 radical (unpaired) electrons. The molecule has 1 fully saturated rings. The zero-order valence-corrected chi connectivity index (χ0v) is 16.2. The Morgan fingerprint density at radius 3 is 2.26 bits per heavy atom. The number of carbonyl (C=O) groups is 2. The summed E-state index contributed by atoms with van der Waals surface area (Å²) in [4.78, 5) is 25.9. The van der Waals surface area contributed by atoms with Crippen LogP contribution >= 0.6 is 0 Å². The highest BCUT2D eigenvalue weighted by Crippen LogP contribution is 2.29. The molecule has 0 bridgehead atoms. The third-order valence-electron chi connectivity index (χ3n) is 5.08. The van der Waals surface area contributed by atoms with E-state index in [1.807, 2.05) is 12.1 Å². The summed E-state index contributed by atoms with van der Waals surface area (Å²) >= 11 is 0. The average Bonchev–Trinajstić information content (AvgIpc) is 3.16. The normalized spacial score (nSPS) is 15.6. The van der Waals surface area contributed by atoms with E-state index in [9.17, 15) is 18.4 Å². The van der Waals surface area contributed by atoms with E-state index in [1.54, 1.807) is 36.4 Å². The van der Waals surface area contributed by atoms with Gasteiger partial charge in [-0.1, -0.05) is 24.3 Å². The fourth-order valence-corrected chi connectivity index (χ4v) is 3.45. The highest BCUT2D eigenvalue weighted by atomic mass is 19.1. The number of hydrogen-bond acceptors (Lipinski definition) is 4. The number of rotatable bonds is 4. The molecule has 0 aromatic heterocycles. The van der Waals surface area contributed by atoms with E-state index in [0.29, 0.717) is 17.4 Å². The number of carbonyl (C=O) groups excluding carboxylic acids is 2. The molecule has 1 unspecified atom stereocenters. The third kappa shape index (κ3) is 4.28. The van der Waals surface area contributed by atoms with Gasteiger partial charge in [-0.2, -0.15) is 5.26 Å². The lowest BCUT2D eigenvalue weighted by molar-refractivity contribution is -0.139. The van der Waals surface area contributed by atoms with Crippen molar-refractivity contribution in [1.82, 2.24) is 0 Å². The van der Waals surface area contributed by atoms with Gasteiger partial charge in [0.15, 0.2) is 0 Å². The van der Waals surface area contributed by atoms with Gasteiger partial charge in [-0.3, -0.25) is 9.59 Å². The Labute approximate surface area is 177 Å². The summed E-state index contributed by atoms with van der Waals surface area (Å²) in [6.07, 6.45) is -0.112. The molecule has 1 aliphatic heterocycles. The van der Waals surface area contributed by atoms with Crippen molar-refractivity contribution in [3.63, 3.8) is 0 Å². The first kappa shape index (κ1) is 20.2. The van der Waals surface area contributed by atoms with Gasteiger partial charge in [-0.05, 0) is 47.5 Å². The van der Waals surface area contributed by atoms with Gasteiger partial charge in [0.25, 0.3) is 0 Å². The quantitative estimate of drug-likeness (QED) is 0.463. The Balaban J connectivity index is 1.42. The minimum absolute atomic E-state index is 0.0382. The summed E-state index contributed by atoms with van der Waals surface area (Å²) in [5, 5.41) is 8.88. The van der Waals surface area contributed by atoms with Crippen LogP contribution in [0.3, 0.4) is 0 Å². The van der Waals surface area contributed by atoms with Gasteiger partial charge in [-0.15, -0.1) is 0 Å². The maximum atomic E-state index is 14.0. The monoisotopic (exact) mass is 418 g/mol. The molecule has 3 aromatic rings. The van der Waals surface area contributed by atoms with Crippen LogP contribution in [0.2, 0.25) is 0 Å². The van der Waals surface area contributed by atoms with Crippen LogP contribution in [0.15, 0.2) is 66.7 Å². The molecule has 154 valence electrons. The molecule has 31 heavy (non-hydrogen) atoms. The number of benzene rings is 3. The molecule has 1 amide bonds. The summed E-state index contributed by atoms with van der Waals surface area (Å²) in [5.74, 6) is -3.06. The SMILES string of the molecule is N#Cc1ccc(-c2ccc(OC(=O)C3CC(=O)N(c4ccc(F)cc4F)C3)cc2)cc1. The molecule has 3 aromatic carbocycles. The molecule has 0 aliphatic carbocycles. The maximum Gasteiger partial charge on any atom is 0.316 e. The average molecular weight is 418 g/mol. The number of halogens is 2. The van der Waals surface area contributed by atoms with Crippen molar-refractivity contribution in [2.24, 2.45) is 5.92 Å². The number of esters is 1. The minimum atomic E-state index is -0.860.